The van der Waals surface area contributed by atoms with Crippen LogP contribution >= 0.6 is 0 Å². The van der Waals surface area contributed by atoms with Crippen LogP contribution in [-0.2, 0) is 0 Å². The third-order valence-corrected chi connectivity index (χ3v) is 5.11. The fourth-order valence-electron chi connectivity index (χ4n) is 3.65. The third kappa shape index (κ3) is 3.79. The molecule has 6 heteroatoms. The molecule has 26 heavy (non-hydrogen) atoms. The van der Waals surface area contributed by atoms with Crippen molar-refractivity contribution in [2.75, 3.05) is 41.3 Å². The number of aromatic nitrogens is 2. The first-order valence-electron chi connectivity index (χ1n) is 9.54. The van der Waals surface area contributed by atoms with Crippen LogP contribution in [0.5, 0.6) is 0 Å². The molecule has 136 valence electrons. The molecule has 6 nitrogen and oxygen atoms in total. The highest BCUT2D eigenvalue weighted by Crippen LogP contribution is 2.22. The quantitative estimate of drug-likeness (QED) is 0.916. The van der Waals surface area contributed by atoms with E-state index in [1.54, 1.807) is 12.3 Å². The number of hydrogen-bond acceptors (Lipinski definition) is 5. The van der Waals surface area contributed by atoms with Gasteiger partial charge in [-0.1, -0.05) is 0 Å². The second-order valence-corrected chi connectivity index (χ2v) is 6.98. The van der Waals surface area contributed by atoms with Gasteiger partial charge in [-0.15, -0.1) is 0 Å². The molecular weight excluding hydrogens is 326 g/mol. The molecule has 1 N–H and O–H groups in total. The number of anilines is 3. The minimum absolute atomic E-state index is 0.195. The number of carbonyl (C=O) groups is 1. The summed E-state index contributed by atoms with van der Waals surface area (Å²) in [6, 6.07) is 9.72. The molecule has 0 bridgehead atoms. The van der Waals surface area contributed by atoms with E-state index in [9.17, 15) is 4.79 Å². The summed E-state index contributed by atoms with van der Waals surface area (Å²) < 4.78 is 0. The Hall–Kier alpha value is -2.63. The summed E-state index contributed by atoms with van der Waals surface area (Å²) in [6.07, 6.45) is 7.75. The minimum atomic E-state index is -0.195. The Bertz CT molecular complexity index is 749. The molecule has 3 heterocycles. The van der Waals surface area contributed by atoms with E-state index in [1.165, 1.54) is 24.9 Å². The SMILES string of the molecule is O=C(Nc1ccc(N2CCCC2)cc1)c1ccnc(N2CCCCC2)n1. The molecule has 1 amide bonds. The maximum absolute atomic E-state index is 12.6. The summed E-state index contributed by atoms with van der Waals surface area (Å²) >= 11 is 0. The van der Waals surface area contributed by atoms with Crippen molar-refractivity contribution in [3.8, 4) is 0 Å². The van der Waals surface area contributed by atoms with E-state index in [4.69, 9.17) is 0 Å². The molecule has 1 aromatic carbocycles. The lowest BCUT2D eigenvalue weighted by atomic mass is 10.1. The summed E-state index contributed by atoms with van der Waals surface area (Å²) in [6.45, 7) is 4.16. The summed E-state index contributed by atoms with van der Waals surface area (Å²) in [5.74, 6) is 0.460. The average molecular weight is 351 g/mol. The number of nitrogens with zero attached hydrogens (tertiary/aromatic N) is 4. The van der Waals surface area contributed by atoms with Gasteiger partial charge in [0.2, 0.25) is 5.95 Å². The van der Waals surface area contributed by atoms with Crippen molar-refractivity contribution in [1.82, 2.24) is 9.97 Å². The number of benzene rings is 1. The van der Waals surface area contributed by atoms with Crippen molar-refractivity contribution in [2.24, 2.45) is 0 Å². The fourth-order valence-corrected chi connectivity index (χ4v) is 3.65. The number of amides is 1. The first-order valence-corrected chi connectivity index (χ1v) is 9.54. The van der Waals surface area contributed by atoms with Gasteiger partial charge in [0, 0.05) is 43.8 Å². The van der Waals surface area contributed by atoms with E-state index < -0.39 is 0 Å². The summed E-state index contributed by atoms with van der Waals surface area (Å²) in [7, 11) is 0. The van der Waals surface area contributed by atoms with Gasteiger partial charge in [0.25, 0.3) is 5.91 Å². The van der Waals surface area contributed by atoms with Gasteiger partial charge in [-0.25, -0.2) is 9.97 Å². The van der Waals surface area contributed by atoms with Gasteiger partial charge in [0.15, 0.2) is 0 Å². The maximum Gasteiger partial charge on any atom is 0.274 e. The molecule has 0 atom stereocenters. The Morgan fingerprint density at radius 3 is 2.23 bits per heavy atom. The lowest BCUT2D eigenvalue weighted by molar-refractivity contribution is 0.102. The lowest BCUT2D eigenvalue weighted by Gasteiger charge is -2.26. The highest BCUT2D eigenvalue weighted by Gasteiger charge is 2.16. The van der Waals surface area contributed by atoms with Crippen molar-refractivity contribution < 1.29 is 4.79 Å². The second kappa shape index (κ2) is 7.72. The molecule has 0 saturated carbocycles. The molecule has 0 unspecified atom stereocenters. The van der Waals surface area contributed by atoms with Crippen molar-refractivity contribution in [3.63, 3.8) is 0 Å². The van der Waals surface area contributed by atoms with Crippen LogP contribution < -0.4 is 15.1 Å². The number of piperidine rings is 1. The molecule has 0 spiro atoms. The van der Waals surface area contributed by atoms with Crippen LogP contribution in [0.4, 0.5) is 17.3 Å². The standard InChI is InChI=1S/C20H25N5O/c26-19(18-10-11-21-20(23-18)25-14-2-1-3-15-25)22-16-6-8-17(9-7-16)24-12-4-5-13-24/h6-11H,1-5,12-15H2,(H,22,26). The van der Waals surface area contributed by atoms with Crippen LogP contribution in [-0.4, -0.2) is 42.1 Å². The van der Waals surface area contributed by atoms with Gasteiger partial charge in [-0.2, -0.15) is 0 Å². The summed E-state index contributed by atoms with van der Waals surface area (Å²) in [4.78, 5) is 25.9. The van der Waals surface area contributed by atoms with Gasteiger partial charge in [0.05, 0.1) is 0 Å². The smallest absolute Gasteiger partial charge is 0.274 e. The minimum Gasteiger partial charge on any atom is -0.372 e. The van der Waals surface area contributed by atoms with Crippen LogP contribution in [0.3, 0.4) is 0 Å². The molecule has 2 saturated heterocycles. The molecule has 0 aliphatic carbocycles. The largest absolute Gasteiger partial charge is 0.372 e. The number of nitrogens with one attached hydrogen (secondary N) is 1. The number of rotatable bonds is 4. The van der Waals surface area contributed by atoms with Crippen LogP contribution in [0, 0.1) is 0 Å². The predicted molar refractivity (Wildman–Crippen MR) is 104 cm³/mol. The number of hydrogen-bond donors (Lipinski definition) is 1. The first-order chi connectivity index (χ1) is 12.8. The van der Waals surface area contributed by atoms with Gasteiger partial charge < -0.3 is 15.1 Å². The van der Waals surface area contributed by atoms with Crippen molar-refractivity contribution in [1.29, 1.82) is 0 Å². The van der Waals surface area contributed by atoms with E-state index >= 15 is 0 Å². The monoisotopic (exact) mass is 351 g/mol. The summed E-state index contributed by atoms with van der Waals surface area (Å²) in [5, 5.41) is 2.94. The van der Waals surface area contributed by atoms with Crippen molar-refractivity contribution in [2.45, 2.75) is 32.1 Å². The van der Waals surface area contributed by atoms with E-state index in [0.717, 1.165) is 44.7 Å². The van der Waals surface area contributed by atoms with Crippen LogP contribution in [0.25, 0.3) is 0 Å². The Morgan fingerprint density at radius 2 is 1.50 bits per heavy atom. The highest BCUT2D eigenvalue weighted by molar-refractivity contribution is 6.03. The molecule has 2 fully saturated rings. The average Bonchev–Trinajstić information content (AvgIpc) is 3.24. The van der Waals surface area contributed by atoms with Gasteiger partial charge in [-0.05, 0) is 62.4 Å². The Balaban J connectivity index is 1.42. The molecular formula is C20H25N5O. The van der Waals surface area contributed by atoms with Gasteiger partial charge in [0.1, 0.15) is 5.69 Å². The van der Waals surface area contributed by atoms with E-state index in [0.29, 0.717) is 11.6 Å². The summed E-state index contributed by atoms with van der Waals surface area (Å²) in [5.41, 5.74) is 2.41. The molecule has 0 radical (unpaired) electrons. The Morgan fingerprint density at radius 1 is 0.846 bits per heavy atom. The van der Waals surface area contributed by atoms with Crippen molar-refractivity contribution in [3.05, 3.63) is 42.2 Å². The first kappa shape index (κ1) is 16.8. The normalized spacial score (nSPS) is 17.4. The molecule has 1 aromatic heterocycles. The van der Waals surface area contributed by atoms with Crippen LogP contribution in [0.1, 0.15) is 42.6 Å². The van der Waals surface area contributed by atoms with Crippen LogP contribution in [0.15, 0.2) is 36.5 Å². The zero-order chi connectivity index (χ0) is 17.8. The van der Waals surface area contributed by atoms with E-state index in [1.807, 2.05) is 12.1 Å². The molecule has 2 aromatic rings. The zero-order valence-electron chi connectivity index (χ0n) is 15.0. The van der Waals surface area contributed by atoms with Gasteiger partial charge in [-0.3, -0.25) is 4.79 Å². The molecule has 2 aliphatic rings. The fraction of sp³-hybridized carbons (Fsp3) is 0.450. The van der Waals surface area contributed by atoms with E-state index in [2.05, 4.69) is 37.2 Å². The van der Waals surface area contributed by atoms with Gasteiger partial charge >= 0.3 is 0 Å². The molecule has 2 aliphatic heterocycles. The van der Waals surface area contributed by atoms with Crippen molar-refractivity contribution >= 4 is 23.2 Å². The zero-order valence-corrected chi connectivity index (χ0v) is 15.0. The lowest BCUT2D eigenvalue weighted by Crippen LogP contribution is -2.31. The van der Waals surface area contributed by atoms with Crippen LogP contribution in [0.2, 0.25) is 0 Å². The topological polar surface area (TPSA) is 61.4 Å². The predicted octanol–water partition coefficient (Wildman–Crippen LogP) is 3.32. The second-order valence-electron chi connectivity index (χ2n) is 6.98. The Labute approximate surface area is 154 Å². The number of carbonyl (C=O) groups excluding carboxylic acids is 1. The third-order valence-electron chi connectivity index (χ3n) is 5.11. The molecule has 4 rings (SSSR count). The maximum atomic E-state index is 12.6. The Kier molecular flexibility index (Phi) is 5.00. The highest BCUT2D eigenvalue weighted by atomic mass is 16.1. The van der Waals surface area contributed by atoms with E-state index in [-0.39, 0.29) is 5.91 Å².